The van der Waals surface area contributed by atoms with Gasteiger partial charge in [0.2, 0.25) is 0 Å². The van der Waals surface area contributed by atoms with Gasteiger partial charge in [-0.15, -0.1) is 0 Å². The molecule has 3 aromatic rings. The second-order valence-electron chi connectivity index (χ2n) is 6.12. The van der Waals surface area contributed by atoms with Crippen LogP contribution in [0.5, 0.6) is 5.75 Å². The molecule has 0 amide bonds. The maximum atomic E-state index is 11.6. The molecule has 0 bridgehead atoms. The Kier molecular flexibility index (Phi) is 5.59. The lowest BCUT2D eigenvalue weighted by Crippen LogP contribution is -2.29. The minimum atomic E-state index is -1.01. The number of carboxylic acids is 1. The fraction of sp³-hybridized carbons (Fsp3) is 0.136. The van der Waals surface area contributed by atoms with Crippen LogP contribution in [0.3, 0.4) is 0 Å². The summed E-state index contributed by atoms with van der Waals surface area (Å²) < 4.78 is 5.70. The van der Waals surface area contributed by atoms with Crippen LogP contribution in [0.15, 0.2) is 72.8 Å². The number of aliphatic carboxylic acids is 1. The lowest BCUT2D eigenvalue weighted by Gasteiger charge is -2.16. The number of hydrogen-bond donors (Lipinski definition) is 1. The fourth-order valence-corrected chi connectivity index (χ4v) is 2.88. The van der Waals surface area contributed by atoms with Crippen LogP contribution >= 0.6 is 11.6 Å². The molecule has 1 atom stereocenters. The highest BCUT2D eigenvalue weighted by atomic mass is 35.5. The molecule has 0 aromatic heterocycles. The van der Waals surface area contributed by atoms with Gasteiger partial charge in [-0.1, -0.05) is 66.2 Å². The van der Waals surface area contributed by atoms with Gasteiger partial charge in [0.1, 0.15) is 5.75 Å². The highest BCUT2D eigenvalue weighted by Crippen LogP contribution is 2.24. The number of ether oxygens (including phenoxy) is 1. The number of halogens is 1. The molecule has 132 valence electrons. The molecule has 3 rings (SSSR count). The number of carbonyl (C=O) groups is 1. The summed E-state index contributed by atoms with van der Waals surface area (Å²) in [6.07, 6.45) is -0.730. The number of benzene rings is 3. The molecule has 26 heavy (non-hydrogen) atoms. The van der Waals surface area contributed by atoms with Crippen molar-refractivity contribution >= 4 is 17.6 Å². The van der Waals surface area contributed by atoms with Gasteiger partial charge in [-0.05, 0) is 47.4 Å². The zero-order chi connectivity index (χ0) is 18.5. The maximum Gasteiger partial charge on any atom is 0.345 e. The van der Waals surface area contributed by atoms with E-state index >= 15 is 0 Å². The van der Waals surface area contributed by atoms with Crippen molar-refractivity contribution in [2.45, 2.75) is 19.4 Å². The van der Waals surface area contributed by atoms with Gasteiger partial charge in [0.05, 0.1) is 0 Å². The second-order valence-corrected chi connectivity index (χ2v) is 6.53. The highest BCUT2D eigenvalue weighted by molar-refractivity contribution is 6.31. The van der Waals surface area contributed by atoms with Crippen LogP contribution in [-0.4, -0.2) is 17.2 Å². The zero-order valence-electron chi connectivity index (χ0n) is 14.4. The molecular weight excluding hydrogens is 348 g/mol. The van der Waals surface area contributed by atoms with Gasteiger partial charge in [0.25, 0.3) is 0 Å². The molecule has 0 aliphatic rings. The van der Waals surface area contributed by atoms with E-state index in [4.69, 9.17) is 16.3 Å². The molecule has 0 aliphatic heterocycles. The van der Waals surface area contributed by atoms with E-state index in [2.05, 4.69) is 0 Å². The van der Waals surface area contributed by atoms with Crippen LogP contribution in [0.1, 0.15) is 11.1 Å². The summed E-state index contributed by atoms with van der Waals surface area (Å²) in [6.45, 7) is 1.91. The Morgan fingerprint density at radius 2 is 1.65 bits per heavy atom. The molecule has 0 aliphatic carbocycles. The van der Waals surface area contributed by atoms with Crippen molar-refractivity contribution in [1.29, 1.82) is 0 Å². The van der Waals surface area contributed by atoms with E-state index in [1.165, 1.54) is 0 Å². The SMILES string of the molecule is Cc1ccc(CC(Oc2ccc(-c3ccccc3)cc2)C(=O)O)cc1Cl. The molecule has 0 saturated heterocycles. The summed E-state index contributed by atoms with van der Waals surface area (Å²) in [7, 11) is 0. The van der Waals surface area contributed by atoms with Crippen LogP contribution in [0.2, 0.25) is 5.02 Å². The van der Waals surface area contributed by atoms with E-state index in [1.807, 2.05) is 61.5 Å². The van der Waals surface area contributed by atoms with Gasteiger partial charge in [0, 0.05) is 11.4 Å². The van der Waals surface area contributed by atoms with Crippen molar-refractivity contribution in [2.75, 3.05) is 0 Å². The van der Waals surface area contributed by atoms with Crippen LogP contribution < -0.4 is 4.74 Å². The van der Waals surface area contributed by atoms with E-state index in [0.29, 0.717) is 10.8 Å². The first-order valence-corrected chi connectivity index (χ1v) is 8.71. The molecule has 3 aromatic carbocycles. The van der Waals surface area contributed by atoms with Crippen molar-refractivity contribution in [1.82, 2.24) is 0 Å². The van der Waals surface area contributed by atoms with E-state index in [9.17, 15) is 9.90 Å². The number of rotatable bonds is 6. The van der Waals surface area contributed by atoms with E-state index in [1.54, 1.807) is 18.2 Å². The van der Waals surface area contributed by atoms with E-state index in [-0.39, 0.29) is 6.42 Å². The van der Waals surface area contributed by atoms with Gasteiger partial charge in [-0.25, -0.2) is 4.79 Å². The molecule has 0 radical (unpaired) electrons. The summed E-state index contributed by atoms with van der Waals surface area (Å²) in [5.74, 6) is -0.482. The fourth-order valence-electron chi connectivity index (χ4n) is 2.68. The molecular formula is C22H19ClO3. The monoisotopic (exact) mass is 366 g/mol. The summed E-state index contributed by atoms with van der Waals surface area (Å²) in [5.41, 5.74) is 3.94. The van der Waals surface area contributed by atoms with Crippen LogP contribution in [0, 0.1) is 6.92 Å². The number of aryl methyl sites for hydroxylation is 1. The Bertz CT molecular complexity index is 889. The Morgan fingerprint density at radius 3 is 2.27 bits per heavy atom. The van der Waals surface area contributed by atoms with Gasteiger partial charge in [-0.2, -0.15) is 0 Å². The largest absolute Gasteiger partial charge is 0.478 e. The Labute approximate surface area is 157 Å². The van der Waals surface area contributed by atoms with Gasteiger partial charge in [0.15, 0.2) is 6.10 Å². The average Bonchev–Trinajstić information content (AvgIpc) is 2.65. The van der Waals surface area contributed by atoms with Crippen molar-refractivity contribution < 1.29 is 14.6 Å². The van der Waals surface area contributed by atoms with Crippen LogP contribution in [-0.2, 0) is 11.2 Å². The van der Waals surface area contributed by atoms with Crippen LogP contribution in [0.4, 0.5) is 0 Å². The smallest absolute Gasteiger partial charge is 0.345 e. The minimum Gasteiger partial charge on any atom is -0.478 e. The molecule has 3 nitrogen and oxygen atoms in total. The lowest BCUT2D eigenvalue weighted by molar-refractivity contribution is -0.145. The highest BCUT2D eigenvalue weighted by Gasteiger charge is 2.20. The number of hydrogen-bond acceptors (Lipinski definition) is 2. The standard InChI is InChI=1S/C22H19ClO3/c1-15-7-8-16(13-20(15)23)14-21(22(24)25)26-19-11-9-18(10-12-19)17-5-3-2-4-6-17/h2-13,21H,14H2,1H3,(H,24,25). The third kappa shape index (κ3) is 4.44. The molecule has 1 unspecified atom stereocenters. The van der Waals surface area contributed by atoms with Gasteiger partial charge in [-0.3, -0.25) is 0 Å². The van der Waals surface area contributed by atoms with Gasteiger partial charge < -0.3 is 9.84 Å². The zero-order valence-corrected chi connectivity index (χ0v) is 15.1. The minimum absolute atomic E-state index is 0.246. The summed E-state index contributed by atoms with van der Waals surface area (Å²) in [6, 6.07) is 22.9. The topological polar surface area (TPSA) is 46.5 Å². The first-order valence-electron chi connectivity index (χ1n) is 8.33. The molecule has 0 saturated carbocycles. The molecule has 0 spiro atoms. The molecule has 0 fully saturated rings. The Hall–Kier alpha value is -2.78. The predicted octanol–water partition coefficient (Wildman–Crippen LogP) is 5.39. The Balaban J connectivity index is 1.73. The lowest BCUT2D eigenvalue weighted by atomic mass is 10.1. The summed E-state index contributed by atoms with van der Waals surface area (Å²) in [4.78, 5) is 11.6. The second kappa shape index (κ2) is 8.07. The van der Waals surface area contributed by atoms with Crippen molar-refractivity contribution in [3.63, 3.8) is 0 Å². The first-order chi connectivity index (χ1) is 12.5. The third-order valence-electron chi connectivity index (χ3n) is 4.17. The van der Waals surface area contributed by atoms with Crippen molar-refractivity contribution in [3.05, 3.63) is 88.9 Å². The van der Waals surface area contributed by atoms with Crippen molar-refractivity contribution in [2.24, 2.45) is 0 Å². The molecule has 0 heterocycles. The van der Waals surface area contributed by atoms with Gasteiger partial charge >= 0.3 is 5.97 Å². The maximum absolute atomic E-state index is 11.6. The summed E-state index contributed by atoms with van der Waals surface area (Å²) in [5, 5.41) is 10.1. The first kappa shape index (κ1) is 18.0. The molecule has 4 heteroatoms. The number of carboxylic acid groups (broad SMARTS) is 1. The predicted molar refractivity (Wildman–Crippen MR) is 104 cm³/mol. The quantitative estimate of drug-likeness (QED) is 0.636. The van der Waals surface area contributed by atoms with E-state index in [0.717, 1.165) is 22.3 Å². The normalized spacial score (nSPS) is 11.8. The van der Waals surface area contributed by atoms with Crippen LogP contribution in [0.25, 0.3) is 11.1 Å². The third-order valence-corrected chi connectivity index (χ3v) is 4.58. The summed E-state index contributed by atoms with van der Waals surface area (Å²) >= 11 is 6.12. The molecule has 1 N–H and O–H groups in total. The average molecular weight is 367 g/mol. The Morgan fingerprint density at radius 1 is 1.00 bits per heavy atom. The van der Waals surface area contributed by atoms with Crippen molar-refractivity contribution in [3.8, 4) is 16.9 Å². The van der Waals surface area contributed by atoms with E-state index < -0.39 is 12.1 Å².